The Morgan fingerprint density at radius 2 is 1.76 bits per heavy atom. The van der Waals surface area contributed by atoms with Crippen LogP contribution in [-0.4, -0.2) is 40.5 Å². The molecule has 10 nitrogen and oxygen atoms in total. The predicted octanol–water partition coefficient (Wildman–Crippen LogP) is 2.92. The van der Waals surface area contributed by atoms with Crippen molar-refractivity contribution in [1.29, 1.82) is 5.26 Å². The number of carbonyl (C=O) groups excluding carboxylic acids is 4. The molecule has 1 heterocycles. The van der Waals surface area contributed by atoms with Crippen LogP contribution in [0.1, 0.15) is 51.4 Å². The summed E-state index contributed by atoms with van der Waals surface area (Å²) in [6.45, 7) is 0.397. The Bertz CT molecular complexity index is 1020. The van der Waals surface area contributed by atoms with E-state index in [1.807, 2.05) is 0 Å². The average Bonchev–Trinajstić information content (AvgIpc) is 3.13. The highest BCUT2D eigenvalue weighted by atomic mass is 16.7. The largest absolute Gasteiger partial charge is 0.511 e. The minimum Gasteiger partial charge on any atom is -0.511 e. The van der Waals surface area contributed by atoms with Crippen molar-refractivity contribution in [2.75, 3.05) is 11.9 Å². The molecule has 0 aliphatic carbocycles. The summed E-state index contributed by atoms with van der Waals surface area (Å²) in [5.74, 6) is 0.174. The van der Waals surface area contributed by atoms with Gasteiger partial charge in [-0.05, 0) is 43.5 Å². The molecule has 1 aliphatic heterocycles. The summed E-state index contributed by atoms with van der Waals surface area (Å²) in [4.78, 5) is 51.5. The minimum absolute atomic E-state index is 0.0402. The topological polar surface area (TPSA) is 146 Å². The second-order valence-electron chi connectivity index (χ2n) is 7.32. The van der Waals surface area contributed by atoms with Crippen molar-refractivity contribution in [1.82, 2.24) is 5.06 Å². The summed E-state index contributed by atoms with van der Waals surface area (Å²) in [6, 6.07) is 8.16. The number of nitrogens with zero attached hydrogens (tertiary/aromatic N) is 2. The third-order valence-corrected chi connectivity index (χ3v) is 4.74. The number of allylic oxidation sites excluding steroid dienone is 1. The van der Waals surface area contributed by atoms with Crippen LogP contribution in [0.2, 0.25) is 0 Å². The van der Waals surface area contributed by atoms with Gasteiger partial charge >= 0.3 is 5.97 Å². The number of terminal acetylenes is 1. The Labute approximate surface area is 197 Å². The minimum atomic E-state index is -0.734. The van der Waals surface area contributed by atoms with Crippen molar-refractivity contribution in [2.24, 2.45) is 0 Å². The van der Waals surface area contributed by atoms with E-state index >= 15 is 0 Å². The van der Waals surface area contributed by atoms with E-state index in [-0.39, 0.29) is 37.9 Å². The van der Waals surface area contributed by atoms with Gasteiger partial charge in [-0.1, -0.05) is 0 Å². The number of amides is 3. The Balaban J connectivity index is 1.67. The van der Waals surface area contributed by atoms with Crippen molar-refractivity contribution in [2.45, 2.75) is 51.4 Å². The summed E-state index contributed by atoms with van der Waals surface area (Å²) < 4.78 is 5.61. The molecule has 0 atom stereocenters. The maximum Gasteiger partial charge on any atom is 0.333 e. The number of benzene rings is 1. The van der Waals surface area contributed by atoms with Crippen LogP contribution in [0.15, 0.2) is 35.6 Å². The van der Waals surface area contributed by atoms with Crippen molar-refractivity contribution in [3.05, 3.63) is 35.6 Å². The lowest BCUT2D eigenvalue weighted by Gasteiger charge is -2.12. The third kappa shape index (κ3) is 7.99. The molecule has 0 spiro atoms. The van der Waals surface area contributed by atoms with Gasteiger partial charge in [0.2, 0.25) is 0 Å². The van der Waals surface area contributed by atoms with E-state index < -0.39 is 29.3 Å². The second-order valence-corrected chi connectivity index (χ2v) is 7.32. The van der Waals surface area contributed by atoms with Crippen LogP contribution < -0.4 is 10.1 Å². The molecule has 0 bridgehead atoms. The van der Waals surface area contributed by atoms with Crippen LogP contribution >= 0.6 is 0 Å². The van der Waals surface area contributed by atoms with E-state index in [2.05, 4.69) is 11.2 Å². The third-order valence-electron chi connectivity index (χ3n) is 4.74. The quantitative estimate of drug-likeness (QED) is 0.119. The van der Waals surface area contributed by atoms with Gasteiger partial charge in [-0.3, -0.25) is 14.4 Å². The van der Waals surface area contributed by atoms with Gasteiger partial charge in [-0.25, -0.2) is 4.79 Å². The molecule has 2 N–H and O–H groups in total. The van der Waals surface area contributed by atoms with Gasteiger partial charge in [0.05, 0.1) is 6.61 Å². The molecule has 0 radical (unpaired) electrons. The van der Waals surface area contributed by atoms with Crippen LogP contribution in [0.5, 0.6) is 5.75 Å². The SMILES string of the molecule is C#CCC/C(O)=C(\C#N)C(=O)Nc1ccc(OCCCCCC(=O)ON2C(=O)CCC2=O)cc1. The summed E-state index contributed by atoms with van der Waals surface area (Å²) in [5, 5.41) is 22.0. The van der Waals surface area contributed by atoms with Crippen molar-refractivity contribution in [3.8, 4) is 24.2 Å². The van der Waals surface area contributed by atoms with Crippen LogP contribution in [0, 0.1) is 23.7 Å². The van der Waals surface area contributed by atoms with Crippen LogP contribution in [0.25, 0.3) is 0 Å². The predicted molar refractivity (Wildman–Crippen MR) is 120 cm³/mol. The van der Waals surface area contributed by atoms with Crippen LogP contribution in [0.4, 0.5) is 5.69 Å². The van der Waals surface area contributed by atoms with Gasteiger partial charge in [0.25, 0.3) is 17.7 Å². The molecular weight excluding hydrogens is 442 g/mol. The van der Waals surface area contributed by atoms with E-state index in [1.54, 1.807) is 30.3 Å². The molecule has 34 heavy (non-hydrogen) atoms. The highest BCUT2D eigenvalue weighted by molar-refractivity contribution is 6.06. The first kappa shape index (κ1) is 25.9. The number of nitrogens with one attached hydrogen (secondary N) is 1. The monoisotopic (exact) mass is 467 g/mol. The molecule has 3 amide bonds. The summed E-state index contributed by atoms with van der Waals surface area (Å²) >= 11 is 0. The van der Waals surface area contributed by atoms with Gasteiger partial charge < -0.3 is 20.0 Å². The maximum absolute atomic E-state index is 12.2. The number of rotatable bonds is 12. The van der Waals surface area contributed by atoms with E-state index in [1.165, 1.54) is 0 Å². The van der Waals surface area contributed by atoms with Gasteiger partial charge in [-0.2, -0.15) is 5.26 Å². The number of hydrogen-bond donors (Lipinski definition) is 2. The molecule has 0 saturated carbocycles. The molecule has 1 saturated heterocycles. The number of unbranched alkanes of at least 4 members (excludes halogenated alkanes) is 2. The first-order valence-corrected chi connectivity index (χ1v) is 10.7. The first-order valence-electron chi connectivity index (χ1n) is 10.7. The Morgan fingerprint density at radius 3 is 2.38 bits per heavy atom. The second kappa shape index (κ2) is 13.3. The average molecular weight is 467 g/mol. The van der Waals surface area contributed by atoms with Gasteiger partial charge in [0.15, 0.2) is 5.57 Å². The normalized spacial score (nSPS) is 13.5. The lowest BCUT2D eigenvalue weighted by molar-refractivity contribution is -0.197. The number of carbonyl (C=O) groups is 4. The standard InChI is InChI=1S/C24H25N3O7/c1-2-3-7-20(28)19(16-25)24(32)26-17-9-11-18(12-10-17)33-15-6-4-5-8-23(31)34-27-21(29)13-14-22(27)30/h1,9-12,28H,3-8,13-15H2,(H,26,32)/b20-19-. The molecule has 10 heteroatoms. The maximum atomic E-state index is 12.2. The zero-order valence-electron chi connectivity index (χ0n) is 18.5. The zero-order chi connectivity index (χ0) is 24.9. The summed E-state index contributed by atoms with van der Waals surface area (Å²) in [5.41, 5.74) is 0.0291. The number of aliphatic hydroxyl groups excluding tert-OH is 1. The fraction of sp³-hybridized carbons (Fsp3) is 0.375. The summed E-state index contributed by atoms with van der Waals surface area (Å²) in [7, 11) is 0. The smallest absolute Gasteiger partial charge is 0.333 e. The van der Waals surface area contributed by atoms with Crippen molar-refractivity contribution < 1.29 is 33.9 Å². The number of aliphatic hydroxyl groups is 1. The molecule has 0 aromatic heterocycles. The van der Waals surface area contributed by atoms with Gasteiger partial charge in [0, 0.05) is 37.8 Å². The number of imide groups is 1. The van der Waals surface area contributed by atoms with Crippen LogP contribution in [0.3, 0.4) is 0 Å². The lowest BCUT2D eigenvalue weighted by Crippen LogP contribution is -2.31. The van der Waals surface area contributed by atoms with E-state index in [4.69, 9.17) is 21.3 Å². The lowest BCUT2D eigenvalue weighted by atomic mass is 10.1. The fourth-order valence-electron chi connectivity index (χ4n) is 2.93. The van der Waals surface area contributed by atoms with Gasteiger partial charge in [-0.15, -0.1) is 17.4 Å². The molecule has 1 aromatic rings. The zero-order valence-corrected chi connectivity index (χ0v) is 18.5. The van der Waals surface area contributed by atoms with Gasteiger partial charge in [0.1, 0.15) is 17.6 Å². The molecule has 178 valence electrons. The first-order chi connectivity index (χ1) is 16.3. The molecule has 0 unspecified atom stereocenters. The number of ether oxygens (including phenoxy) is 1. The molecule has 1 aliphatic rings. The molecule has 1 aromatic carbocycles. The number of hydrogen-bond acceptors (Lipinski definition) is 8. The number of hydroxylamine groups is 2. The van der Waals surface area contributed by atoms with E-state index in [0.29, 0.717) is 42.4 Å². The van der Waals surface area contributed by atoms with Crippen molar-refractivity contribution >= 4 is 29.4 Å². The Morgan fingerprint density at radius 1 is 1.09 bits per heavy atom. The number of anilines is 1. The fourth-order valence-corrected chi connectivity index (χ4v) is 2.93. The summed E-state index contributed by atoms with van der Waals surface area (Å²) in [6.07, 6.45) is 7.44. The molecule has 1 fully saturated rings. The van der Waals surface area contributed by atoms with Crippen LogP contribution in [-0.2, 0) is 24.0 Å². The Hall–Kier alpha value is -4.31. The highest BCUT2D eigenvalue weighted by Gasteiger charge is 2.32. The number of nitriles is 1. The van der Waals surface area contributed by atoms with E-state index in [0.717, 1.165) is 0 Å². The highest BCUT2D eigenvalue weighted by Crippen LogP contribution is 2.18. The molecular formula is C24H25N3O7. The van der Waals surface area contributed by atoms with Crippen molar-refractivity contribution in [3.63, 3.8) is 0 Å². The molecule has 2 rings (SSSR count). The van der Waals surface area contributed by atoms with E-state index in [9.17, 15) is 24.3 Å². The Kier molecular flexibility index (Phi) is 10.1.